The zero-order valence-corrected chi connectivity index (χ0v) is 12.2. The molecule has 2 aromatic rings. The molecule has 0 aromatic heterocycles. The molecule has 1 amide bonds. The summed E-state index contributed by atoms with van der Waals surface area (Å²) in [5, 5.41) is 3.90. The molecule has 0 atom stereocenters. The lowest BCUT2D eigenvalue weighted by molar-refractivity contribution is -0.119. The van der Waals surface area contributed by atoms with Gasteiger partial charge in [0, 0.05) is 10.9 Å². The van der Waals surface area contributed by atoms with Gasteiger partial charge in [-0.1, -0.05) is 47.5 Å². The summed E-state index contributed by atoms with van der Waals surface area (Å²) < 4.78 is 0. The number of hydrogen-bond acceptors (Lipinski definition) is 1. The molecular weight excluding hydrogens is 293 g/mol. The Morgan fingerprint density at radius 1 is 1.05 bits per heavy atom. The predicted octanol–water partition coefficient (Wildman–Crippen LogP) is 4.35. The first-order chi connectivity index (χ1) is 9.63. The Labute approximate surface area is 127 Å². The van der Waals surface area contributed by atoms with Gasteiger partial charge in [-0.25, -0.2) is 0 Å². The smallest absolute Gasteiger partial charge is 0.228 e. The molecule has 0 bridgehead atoms. The van der Waals surface area contributed by atoms with Crippen molar-refractivity contribution in [2.45, 2.75) is 12.8 Å². The quantitative estimate of drug-likeness (QED) is 0.878. The van der Waals surface area contributed by atoms with Gasteiger partial charge in [0.1, 0.15) is 0 Å². The molecule has 1 aliphatic carbocycles. The van der Waals surface area contributed by atoms with E-state index in [0.717, 1.165) is 12.8 Å². The monoisotopic (exact) mass is 305 g/mol. The molecule has 2 aromatic carbocycles. The van der Waals surface area contributed by atoms with Gasteiger partial charge in [-0.3, -0.25) is 4.79 Å². The largest absolute Gasteiger partial charge is 0.325 e. The van der Waals surface area contributed by atoms with Crippen LogP contribution in [0, 0.1) is 5.92 Å². The van der Waals surface area contributed by atoms with E-state index in [1.807, 2.05) is 12.1 Å². The minimum absolute atomic E-state index is 0.00502. The van der Waals surface area contributed by atoms with E-state index < -0.39 is 0 Å². The highest BCUT2D eigenvalue weighted by Gasteiger charge is 2.27. The fourth-order valence-corrected chi connectivity index (χ4v) is 3.03. The highest BCUT2D eigenvalue weighted by molar-refractivity contribution is 6.36. The summed E-state index contributed by atoms with van der Waals surface area (Å²) in [6, 6.07) is 13.2. The maximum absolute atomic E-state index is 12.3. The van der Waals surface area contributed by atoms with Crippen LogP contribution in [0.15, 0.2) is 42.5 Å². The van der Waals surface area contributed by atoms with Crippen molar-refractivity contribution in [3.8, 4) is 0 Å². The minimum Gasteiger partial charge on any atom is -0.325 e. The number of carbonyl (C=O) groups is 1. The van der Waals surface area contributed by atoms with Gasteiger partial charge >= 0.3 is 0 Å². The first kappa shape index (κ1) is 13.5. The maximum Gasteiger partial charge on any atom is 0.228 e. The fourth-order valence-electron chi connectivity index (χ4n) is 2.57. The van der Waals surface area contributed by atoms with Crippen LogP contribution >= 0.6 is 23.2 Å². The topological polar surface area (TPSA) is 29.1 Å². The Bertz CT molecular complexity index is 644. The normalized spacial score (nSPS) is 14.1. The molecule has 0 spiro atoms. The van der Waals surface area contributed by atoms with Crippen molar-refractivity contribution >= 4 is 34.8 Å². The first-order valence-electron chi connectivity index (χ1n) is 6.46. The number of hydrogen-bond donors (Lipinski definition) is 1. The Morgan fingerprint density at radius 2 is 1.70 bits per heavy atom. The Hall–Kier alpha value is -1.51. The third-order valence-electron chi connectivity index (χ3n) is 3.61. The number of benzene rings is 2. The van der Waals surface area contributed by atoms with E-state index in [2.05, 4.69) is 17.4 Å². The van der Waals surface area contributed by atoms with Crippen LogP contribution in [0.3, 0.4) is 0 Å². The summed E-state index contributed by atoms with van der Waals surface area (Å²) in [4.78, 5) is 12.3. The molecule has 0 fully saturated rings. The summed E-state index contributed by atoms with van der Waals surface area (Å²) in [6.07, 6.45) is 1.57. The van der Waals surface area contributed by atoms with E-state index in [1.165, 1.54) is 11.1 Å². The second-order valence-corrected chi connectivity index (χ2v) is 5.83. The molecule has 20 heavy (non-hydrogen) atoms. The Balaban J connectivity index is 1.72. The number of carbonyl (C=O) groups excluding carboxylic acids is 1. The van der Waals surface area contributed by atoms with Crippen LogP contribution < -0.4 is 5.32 Å². The van der Waals surface area contributed by atoms with Crippen LogP contribution in [0.25, 0.3) is 0 Å². The third-order valence-corrected chi connectivity index (χ3v) is 4.16. The van der Waals surface area contributed by atoms with E-state index in [4.69, 9.17) is 23.2 Å². The molecule has 102 valence electrons. The van der Waals surface area contributed by atoms with Gasteiger partial charge in [0.15, 0.2) is 0 Å². The van der Waals surface area contributed by atoms with Crippen LogP contribution in [0.2, 0.25) is 10.0 Å². The molecule has 4 heteroatoms. The van der Waals surface area contributed by atoms with E-state index in [0.29, 0.717) is 15.7 Å². The van der Waals surface area contributed by atoms with E-state index in [-0.39, 0.29) is 11.8 Å². The number of amides is 1. The summed E-state index contributed by atoms with van der Waals surface area (Å²) in [5.41, 5.74) is 3.13. The molecule has 1 N–H and O–H groups in total. The summed E-state index contributed by atoms with van der Waals surface area (Å²) in [5.74, 6) is -0.0235. The second kappa shape index (κ2) is 5.47. The predicted molar refractivity (Wildman–Crippen MR) is 82.4 cm³/mol. The van der Waals surface area contributed by atoms with Crippen molar-refractivity contribution < 1.29 is 4.79 Å². The van der Waals surface area contributed by atoms with Gasteiger partial charge in [-0.2, -0.15) is 0 Å². The van der Waals surface area contributed by atoms with Crippen LogP contribution in [-0.4, -0.2) is 5.91 Å². The average molecular weight is 306 g/mol. The summed E-state index contributed by atoms with van der Waals surface area (Å²) in [6.45, 7) is 0. The van der Waals surface area contributed by atoms with Crippen LogP contribution in [0.1, 0.15) is 11.1 Å². The number of halogens is 2. The highest BCUT2D eigenvalue weighted by Crippen LogP contribution is 2.29. The zero-order chi connectivity index (χ0) is 14.1. The summed E-state index contributed by atoms with van der Waals surface area (Å²) in [7, 11) is 0. The molecule has 1 aliphatic rings. The standard InChI is InChI=1S/C16H13Cl2NO/c17-13-5-6-15(14(18)9-13)19-16(20)12-7-10-3-1-2-4-11(10)8-12/h1-6,9,12H,7-8H2,(H,19,20). The van der Waals surface area contributed by atoms with E-state index in [9.17, 15) is 4.79 Å². The third kappa shape index (κ3) is 2.67. The number of rotatable bonds is 2. The highest BCUT2D eigenvalue weighted by atomic mass is 35.5. The van der Waals surface area contributed by atoms with Gasteiger partial charge in [0.05, 0.1) is 10.7 Å². The van der Waals surface area contributed by atoms with Crippen LogP contribution in [0.4, 0.5) is 5.69 Å². The van der Waals surface area contributed by atoms with Crippen molar-refractivity contribution in [1.82, 2.24) is 0 Å². The number of anilines is 1. The number of fused-ring (bicyclic) bond motifs is 1. The Morgan fingerprint density at radius 3 is 2.30 bits per heavy atom. The van der Waals surface area contributed by atoms with E-state index >= 15 is 0 Å². The number of nitrogens with one attached hydrogen (secondary N) is 1. The molecule has 0 heterocycles. The molecule has 3 rings (SSSR count). The van der Waals surface area contributed by atoms with Crippen LogP contribution in [-0.2, 0) is 17.6 Å². The molecule has 2 nitrogen and oxygen atoms in total. The molecular formula is C16H13Cl2NO. The van der Waals surface area contributed by atoms with Gasteiger partial charge in [-0.15, -0.1) is 0 Å². The lowest BCUT2D eigenvalue weighted by Gasteiger charge is -2.11. The first-order valence-corrected chi connectivity index (χ1v) is 7.22. The second-order valence-electron chi connectivity index (χ2n) is 4.99. The molecule has 0 saturated heterocycles. The van der Waals surface area contributed by atoms with Crippen molar-refractivity contribution in [2.24, 2.45) is 5.92 Å². The summed E-state index contributed by atoms with van der Waals surface area (Å²) >= 11 is 11.9. The molecule has 0 radical (unpaired) electrons. The lowest BCUT2D eigenvalue weighted by Crippen LogP contribution is -2.23. The van der Waals surface area contributed by atoms with Gasteiger partial charge < -0.3 is 5.32 Å². The zero-order valence-electron chi connectivity index (χ0n) is 10.7. The average Bonchev–Trinajstić information content (AvgIpc) is 2.86. The van der Waals surface area contributed by atoms with Crippen molar-refractivity contribution in [2.75, 3.05) is 5.32 Å². The van der Waals surface area contributed by atoms with Crippen molar-refractivity contribution in [3.63, 3.8) is 0 Å². The fraction of sp³-hybridized carbons (Fsp3) is 0.188. The van der Waals surface area contributed by atoms with Gasteiger partial charge in [0.2, 0.25) is 5.91 Å². The van der Waals surface area contributed by atoms with Crippen molar-refractivity contribution in [1.29, 1.82) is 0 Å². The van der Waals surface area contributed by atoms with E-state index in [1.54, 1.807) is 18.2 Å². The minimum atomic E-state index is -0.0286. The lowest BCUT2D eigenvalue weighted by atomic mass is 10.1. The van der Waals surface area contributed by atoms with Crippen molar-refractivity contribution in [3.05, 3.63) is 63.6 Å². The Kier molecular flexibility index (Phi) is 3.68. The maximum atomic E-state index is 12.3. The van der Waals surface area contributed by atoms with Crippen LogP contribution in [0.5, 0.6) is 0 Å². The van der Waals surface area contributed by atoms with Gasteiger partial charge in [-0.05, 0) is 42.2 Å². The van der Waals surface area contributed by atoms with Gasteiger partial charge in [0.25, 0.3) is 0 Å². The SMILES string of the molecule is O=C(Nc1ccc(Cl)cc1Cl)C1Cc2ccccc2C1. The molecule has 0 unspecified atom stereocenters. The molecule has 0 saturated carbocycles. The molecule has 0 aliphatic heterocycles.